The standard InChI is InChI=1S/C21H21N5O2/c1-3-18-16(15-8-4-5-10-19(15)28-18)14-25(2)21(27)24-17-9-6-11-22-20(17)26-13-7-12-23-26/h4-13H,3,14H2,1-2H3,(H,24,27). The van der Waals surface area contributed by atoms with Crippen molar-refractivity contribution >= 4 is 22.7 Å². The first-order valence-electron chi connectivity index (χ1n) is 9.13. The van der Waals surface area contributed by atoms with Gasteiger partial charge in [-0.2, -0.15) is 5.10 Å². The van der Waals surface area contributed by atoms with E-state index in [1.54, 1.807) is 47.4 Å². The van der Waals surface area contributed by atoms with Gasteiger partial charge in [0, 0.05) is 43.0 Å². The monoisotopic (exact) mass is 375 g/mol. The molecule has 7 nitrogen and oxygen atoms in total. The third-order valence-corrected chi connectivity index (χ3v) is 4.59. The lowest BCUT2D eigenvalue weighted by atomic mass is 10.1. The van der Waals surface area contributed by atoms with E-state index in [-0.39, 0.29) is 6.03 Å². The predicted octanol–water partition coefficient (Wildman–Crippen LogP) is 4.24. The van der Waals surface area contributed by atoms with Crippen LogP contribution in [0, 0.1) is 0 Å². The Morgan fingerprint density at radius 2 is 2.04 bits per heavy atom. The molecular weight excluding hydrogens is 354 g/mol. The molecule has 0 saturated heterocycles. The number of hydrogen-bond donors (Lipinski definition) is 1. The number of benzene rings is 1. The van der Waals surface area contributed by atoms with Crippen LogP contribution in [0.5, 0.6) is 0 Å². The molecule has 0 aliphatic carbocycles. The highest BCUT2D eigenvalue weighted by Crippen LogP contribution is 2.27. The van der Waals surface area contributed by atoms with Crippen molar-refractivity contribution in [2.24, 2.45) is 0 Å². The summed E-state index contributed by atoms with van der Waals surface area (Å²) in [6.07, 6.45) is 5.89. The Hall–Kier alpha value is -3.61. The van der Waals surface area contributed by atoms with E-state index in [1.165, 1.54) is 0 Å². The van der Waals surface area contributed by atoms with Gasteiger partial charge in [-0.15, -0.1) is 0 Å². The van der Waals surface area contributed by atoms with Crippen LogP contribution in [-0.2, 0) is 13.0 Å². The maximum atomic E-state index is 12.8. The van der Waals surface area contributed by atoms with Crippen molar-refractivity contribution in [3.05, 3.63) is 72.4 Å². The number of hydrogen-bond acceptors (Lipinski definition) is 4. The Morgan fingerprint density at radius 1 is 1.18 bits per heavy atom. The summed E-state index contributed by atoms with van der Waals surface area (Å²) in [5.41, 5.74) is 2.47. The van der Waals surface area contributed by atoms with Gasteiger partial charge in [0.25, 0.3) is 0 Å². The summed E-state index contributed by atoms with van der Waals surface area (Å²) in [7, 11) is 1.76. The Morgan fingerprint density at radius 3 is 2.82 bits per heavy atom. The smallest absolute Gasteiger partial charge is 0.321 e. The molecule has 0 aliphatic heterocycles. The topological polar surface area (TPSA) is 76.2 Å². The fourth-order valence-corrected chi connectivity index (χ4v) is 3.20. The number of anilines is 1. The van der Waals surface area contributed by atoms with Gasteiger partial charge in [-0.1, -0.05) is 25.1 Å². The van der Waals surface area contributed by atoms with Gasteiger partial charge in [0.2, 0.25) is 0 Å². The number of carbonyl (C=O) groups excluding carboxylic acids is 1. The van der Waals surface area contributed by atoms with E-state index in [9.17, 15) is 4.79 Å². The van der Waals surface area contributed by atoms with Crippen molar-refractivity contribution in [1.82, 2.24) is 19.7 Å². The average molecular weight is 375 g/mol. The van der Waals surface area contributed by atoms with Crippen molar-refractivity contribution in [3.63, 3.8) is 0 Å². The van der Waals surface area contributed by atoms with Crippen molar-refractivity contribution in [1.29, 1.82) is 0 Å². The number of carbonyl (C=O) groups is 1. The van der Waals surface area contributed by atoms with Gasteiger partial charge in [0.05, 0.1) is 12.2 Å². The molecule has 0 saturated carbocycles. The number of nitrogens with zero attached hydrogens (tertiary/aromatic N) is 4. The SMILES string of the molecule is CCc1oc2ccccc2c1CN(C)C(=O)Nc1cccnc1-n1cccn1. The van der Waals surface area contributed by atoms with Crippen LogP contribution in [0.1, 0.15) is 18.2 Å². The zero-order valence-electron chi connectivity index (χ0n) is 15.8. The summed E-state index contributed by atoms with van der Waals surface area (Å²) in [6.45, 7) is 2.50. The lowest BCUT2D eigenvalue weighted by Gasteiger charge is -2.19. The minimum Gasteiger partial charge on any atom is -0.461 e. The summed E-state index contributed by atoms with van der Waals surface area (Å²) in [5, 5.41) is 8.16. The molecule has 4 rings (SSSR count). The zero-order chi connectivity index (χ0) is 19.5. The zero-order valence-corrected chi connectivity index (χ0v) is 15.8. The third kappa shape index (κ3) is 3.34. The number of nitrogens with one attached hydrogen (secondary N) is 1. The number of pyridine rings is 1. The van der Waals surface area contributed by atoms with E-state index in [1.807, 2.05) is 37.3 Å². The molecule has 1 N–H and O–H groups in total. The van der Waals surface area contributed by atoms with Crippen LogP contribution in [0.15, 0.2) is 65.5 Å². The van der Waals surface area contributed by atoms with Crippen molar-refractivity contribution in [3.8, 4) is 5.82 Å². The highest BCUT2D eigenvalue weighted by atomic mass is 16.3. The summed E-state index contributed by atoms with van der Waals surface area (Å²) in [4.78, 5) is 18.8. The summed E-state index contributed by atoms with van der Waals surface area (Å²) in [5.74, 6) is 1.47. The second kappa shape index (κ2) is 7.56. The molecule has 7 heteroatoms. The van der Waals surface area contributed by atoms with Crippen LogP contribution in [0.25, 0.3) is 16.8 Å². The first-order chi connectivity index (χ1) is 13.7. The lowest BCUT2D eigenvalue weighted by molar-refractivity contribution is 0.220. The Kier molecular flexibility index (Phi) is 4.80. The first kappa shape index (κ1) is 17.8. The normalized spacial score (nSPS) is 10.9. The Labute approximate surface area is 162 Å². The van der Waals surface area contributed by atoms with E-state index in [2.05, 4.69) is 15.4 Å². The fourth-order valence-electron chi connectivity index (χ4n) is 3.20. The molecule has 0 spiro atoms. The van der Waals surface area contributed by atoms with E-state index >= 15 is 0 Å². The third-order valence-electron chi connectivity index (χ3n) is 4.59. The van der Waals surface area contributed by atoms with Crippen molar-refractivity contribution in [2.45, 2.75) is 19.9 Å². The molecule has 3 heterocycles. The number of aromatic nitrogens is 3. The van der Waals surface area contributed by atoms with Crippen molar-refractivity contribution in [2.75, 3.05) is 12.4 Å². The number of amides is 2. The number of furan rings is 1. The molecule has 0 atom stereocenters. The molecular formula is C21H21N5O2. The van der Waals surface area contributed by atoms with Crippen LogP contribution in [0.2, 0.25) is 0 Å². The predicted molar refractivity (Wildman–Crippen MR) is 107 cm³/mol. The highest BCUT2D eigenvalue weighted by Gasteiger charge is 2.18. The first-order valence-corrected chi connectivity index (χ1v) is 9.13. The molecule has 4 aromatic rings. The van der Waals surface area contributed by atoms with Gasteiger partial charge in [-0.25, -0.2) is 14.5 Å². The second-order valence-electron chi connectivity index (χ2n) is 6.46. The molecule has 142 valence electrons. The average Bonchev–Trinajstić information content (AvgIpc) is 3.37. The van der Waals surface area contributed by atoms with Gasteiger partial charge in [0.15, 0.2) is 5.82 Å². The summed E-state index contributed by atoms with van der Waals surface area (Å²) in [6, 6.07) is 13.1. The van der Waals surface area contributed by atoms with Crippen molar-refractivity contribution < 1.29 is 9.21 Å². The molecule has 0 radical (unpaired) electrons. The highest BCUT2D eigenvalue weighted by molar-refractivity contribution is 5.91. The Balaban J connectivity index is 1.56. The minimum absolute atomic E-state index is 0.228. The number of rotatable bonds is 5. The van der Waals surface area contributed by atoms with Gasteiger partial charge >= 0.3 is 6.03 Å². The van der Waals surface area contributed by atoms with Crippen LogP contribution in [-0.4, -0.2) is 32.7 Å². The summed E-state index contributed by atoms with van der Waals surface area (Å²) >= 11 is 0. The molecule has 0 unspecified atom stereocenters. The number of aryl methyl sites for hydroxylation is 1. The maximum absolute atomic E-state index is 12.8. The van der Waals surface area contributed by atoms with Gasteiger partial charge in [0.1, 0.15) is 11.3 Å². The molecule has 0 fully saturated rings. The number of urea groups is 1. The molecule has 3 aromatic heterocycles. The van der Waals surface area contributed by atoms with Crippen LogP contribution in [0.4, 0.5) is 10.5 Å². The van der Waals surface area contributed by atoms with Gasteiger partial charge in [-0.05, 0) is 24.3 Å². The van der Waals surface area contributed by atoms with Gasteiger partial charge in [-0.3, -0.25) is 0 Å². The molecule has 28 heavy (non-hydrogen) atoms. The molecule has 0 aliphatic rings. The van der Waals surface area contributed by atoms with E-state index in [4.69, 9.17) is 4.42 Å². The van der Waals surface area contributed by atoms with Crippen LogP contribution >= 0.6 is 0 Å². The quantitative estimate of drug-likeness (QED) is 0.566. The fraction of sp³-hybridized carbons (Fsp3) is 0.190. The van der Waals surface area contributed by atoms with E-state index in [0.717, 1.165) is 28.7 Å². The van der Waals surface area contributed by atoms with Crippen LogP contribution < -0.4 is 5.32 Å². The molecule has 1 aromatic carbocycles. The van der Waals surface area contributed by atoms with E-state index in [0.29, 0.717) is 18.1 Å². The second-order valence-corrected chi connectivity index (χ2v) is 6.46. The largest absolute Gasteiger partial charge is 0.461 e. The van der Waals surface area contributed by atoms with E-state index < -0.39 is 0 Å². The van der Waals surface area contributed by atoms with Gasteiger partial charge < -0.3 is 14.6 Å². The lowest BCUT2D eigenvalue weighted by Crippen LogP contribution is -2.31. The number of para-hydroxylation sites is 1. The van der Waals surface area contributed by atoms with Crippen LogP contribution in [0.3, 0.4) is 0 Å². The summed E-state index contributed by atoms with van der Waals surface area (Å²) < 4.78 is 7.55. The Bertz CT molecular complexity index is 1100. The number of fused-ring (bicyclic) bond motifs is 1. The molecule has 2 amide bonds. The maximum Gasteiger partial charge on any atom is 0.321 e. The minimum atomic E-state index is -0.228. The molecule has 0 bridgehead atoms.